The summed E-state index contributed by atoms with van der Waals surface area (Å²) in [4.78, 5) is 36.7. The van der Waals surface area contributed by atoms with Crippen molar-refractivity contribution in [1.29, 1.82) is 0 Å². The van der Waals surface area contributed by atoms with Crippen molar-refractivity contribution < 1.29 is 28.6 Å². The first-order chi connectivity index (χ1) is 11.6. The molecule has 2 fully saturated rings. The molecule has 4 atom stereocenters. The molecule has 6 heteroatoms. The molecule has 2 saturated heterocycles. The Morgan fingerprint density at radius 2 is 2.04 bits per heavy atom. The maximum atomic E-state index is 12.4. The average Bonchev–Trinajstić information content (AvgIpc) is 2.96. The molecule has 25 heavy (non-hydrogen) atoms. The van der Waals surface area contributed by atoms with Gasteiger partial charge >= 0.3 is 11.9 Å². The molecule has 0 aromatic rings. The largest absolute Gasteiger partial charge is 0.479 e. The maximum Gasteiger partial charge on any atom is 0.334 e. The van der Waals surface area contributed by atoms with E-state index in [4.69, 9.17) is 14.2 Å². The highest BCUT2D eigenvalue weighted by atomic mass is 16.6. The summed E-state index contributed by atoms with van der Waals surface area (Å²) < 4.78 is 16.9. The number of esters is 2. The number of ketones is 1. The predicted molar refractivity (Wildman–Crippen MR) is 88.2 cm³/mol. The molecule has 3 aliphatic rings. The molecule has 0 aromatic heterocycles. The molecule has 0 amide bonds. The van der Waals surface area contributed by atoms with Crippen LogP contribution in [0.3, 0.4) is 0 Å². The fourth-order valence-electron chi connectivity index (χ4n) is 3.44. The van der Waals surface area contributed by atoms with Crippen LogP contribution in [0.1, 0.15) is 33.6 Å². The molecular formula is C19H22O6. The lowest BCUT2D eigenvalue weighted by Crippen LogP contribution is -2.43. The van der Waals surface area contributed by atoms with Crippen LogP contribution in [-0.2, 0) is 28.6 Å². The topological polar surface area (TPSA) is 78.9 Å². The summed E-state index contributed by atoms with van der Waals surface area (Å²) in [5.74, 6) is -1.59. The fourth-order valence-corrected chi connectivity index (χ4v) is 3.44. The van der Waals surface area contributed by atoms with Crippen molar-refractivity contribution in [2.24, 2.45) is 11.8 Å². The third kappa shape index (κ3) is 2.90. The first kappa shape index (κ1) is 17.5. The smallest absolute Gasteiger partial charge is 0.334 e. The zero-order valence-corrected chi connectivity index (χ0v) is 14.7. The molecule has 0 saturated carbocycles. The monoisotopic (exact) mass is 346 g/mol. The van der Waals surface area contributed by atoms with Gasteiger partial charge in [-0.15, -0.1) is 0 Å². The van der Waals surface area contributed by atoms with Crippen LogP contribution in [0, 0.1) is 11.8 Å². The molecule has 0 aromatic carbocycles. The van der Waals surface area contributed by atoms with Gasteiger partial charge in [0.25, 0.3) is 0 Å². The molecule has 134 valence electrons. The van der Waals surface area contributed by atoms with Gasteiger partial charge in [-0.3, -0.25) is 9.59 Å². The van der Waals surface area contributed by atoms with Gasteiger partial charge in [0, 0.05) is 24.5 Å². The minimum Gasteiger partial charge on any atom is -0.479 e. The number of fused-ring (bicyclic) bond motifs is 3. The summed E-state index contributed by atoms with van der Waals surface area (Å²) in [7, 11) is 0. The summed E-state index contributed by atoms with van der Waals surface area (Å²) in [6.45, 7) is 12.9. The van der Waals surface area contributed by atoms with E-state index >= 15 is 0 Å². The highest BCUT2D eigenvalue weighted by Gasteiger charge is 2.52. The second-order valence-corrected chi connectivity index (χ2v) is 7.34. The van der Waals surface area contributed by atoms with Crippen LogP contribution in [0.15, 0.2) is 36.1 Å². The number of hydrogen-bond acceptors (Lipinski definition) is 6. The van der Waals surface area contributed by atoms with Crippen molar-refractivity contribution >= 4 is 17.7 Å². The second-order valence-electron chi connectivity index (χ2n) is 7.34. The van der Waals surface area contributed by atoms with Gasteiger partial charge in [0.1, 0.15) is 18.0 Å². The summed E-state index contributed by atoms with van der Waals surface area (Å²) in [5.41, 5.74) is -0.339. The fraction of sp³-hybridized carbons (Fsp3) is 0.526. The van der Waals surface area contributed by atoms with Crippen LogP contribution >= 0.6 is 0 Å². The van der Waals surface area contributed by atoms with Crippen LogP contribution in [0.25, 0.3) is 0 Å². The number of rotatable bonds is 2. The zero-order chi connectivity index (χ0) is 18.5. The minimum absolute atomic E-state index is 0.119. The molecule has 3 heterocycles. The number of ether oxygens (including phenoxy) is 3. The highest BCUT2D eigenvalue weighted by Crippen LogP contribution is 2.44. The first-order valence-corrected chi connectivity index (χ1v) is 8.36. The number of allylic oxidation sites excluding steroid dienone is 1. The van der Waals surface area contributed by atoms with E-state index in [1.165, 1.54) is 6.08 Å². The number of carbonyl (C=O) groups is 3. The van der Waals surface area contributed by atoms with Crippen LogP contribution in [0.5, 0.6) is 0 Å². The predicted octanol–water partition coefficient (Wildman–Crippen LogP) is 2.24. The minimum atomic E-state index is -1.17. The van der Waals surface area contributed by atoms with E-state index in [2.05, 4.69) is 13.2 Å². The van der Waals surface area contributed by atoms with Crippen LogP contribution in [0.2, 0.25) is 0 Å². The van der Waals surface area contributed by atoms with E-state index in [-0.39, 0.29) is 23.7 Å². The van der Waals surface area contributed by atoms with Crippen molar-refractivity contribution in [3.63, 3.8) is 0 Å². The van der Waals surface area contributed by atoms with Crippen molar-refractivity contribution in [1.82, 2.24) is 0 Å². The Labute approximate surface area is 146 Å². The van der Waals surface area contributed by atoms with Gasteiger partial charge in [-0.05, 0) is 12.5 Å². The lowest BCUT2D eigenvalue weighted by Gasteiger charge is -2.31. The normalized spacial score (nSPS) is 34.6. The van der Waals surface area contributed by atoms with E-state index in [9.17, 15) is 14.4 Å². The Balaban J connectivity index is 2.02. The van der Waals surface area contributed by atoms with Gasteiger partial charge in [0.2, 0.25) is 5.78 Å². The van der Waals surface area contributed by atoms with Gasteiger partial charge in [0.15, 0.2) is 5.60 Å². The van der Waals surface area contributed by atoms with E-state index in [0.29, 0.717) is 17.8 Å². The standard InChI is InChI=1S/C19H22O6/c1-9(2)17(21)24-14-8-19(5)15(20)7-12(25-19)10(3)6-13-16(14)11(4)18(22)23-13/h7,9,13-14,16H,3-4,6,8H2,1-2,5H3/t13-,14-,16+,19-/m1/s1. The summed E-state index contributed by atoms with van der Waals surface area (Å²) in [6, 6.07) is 0. The molecule has 3 aliphatic heterocycles. The Hall–Kier alpha value is -2.37. The lowest BCUT2D eigenvalue weighted by molar-refractivity contribution is -0.161. The molecule has 0 spiro atoms. The lowest BCUT2D eigenvalue weighted by atomic mass is 9.81. The van der Waals surface area contributed by atoms with Crippen molar-refractivity contribution in [2.75, 3.05) is 0 Å². The van der Waals surface area contributed by atoms with Crippen LogP contribution in [0.4, 0.5) is 0 Å². The van der Waals surface area contributed by atoms with Gasteiger partial charge in [-0.25, -0.2) is 4.79 Å². The zero-order valence-electron chi connectivity index (χ0n) is 14.7. The SMILES string of the molecule is C=C1C[C@H]2OC(=O)C(=C)[C@@H]2[C@H](OC(=O)C(C)C)C[C@@]2(C)OC1=CC2=O. The van der Waals surface area contributed by atoms with E-state index < -0.39 is 35.7 Å². The highest BCUT2D eigenvalue weighted by molar-refractivity contribution is 6.00. The Morgan fingerprint density at radius 1 is 1.36 bits per heavy atom. The molecule has 0 aliphatic carbocycles. The van der Waals surface area contributed by atoms with Crippen molar-refractivity contribution in [2.45, 2.75) is 51.4 Å². The Morgan fingerprint density at radius 3 is 2.68 bits per heavy atom. The van der Waals surface area contributed by atoms with Crippen LogP contribution < -0.4 is 0 Å². The molecule has 3 rings (SSSR count). The summed E-state index contributed by atoms with van der Waals surface area (Å²) >= 11 is 0. The second kappa shape index (κ2) is 5.86. The maximum absolute atomic E-state index is 12.4. The molecular weight excluding hydrogens is 324 g/mol. The van der Waals surface area contributed by atoms with E-state index in [0.717, 1.165) is 0 Å². The molecule has 6 nitrogen and oxygen atoms in total. The molecule has 0 unspecified atom stereocenters. The molecule has 0 N–H and O–H groups in total. The third-order valence-electron chi connectivity index (χ3n) is 4.97. The van der Waals surface area contributed by atoms with E-state index in [1.807, 2.05) is 0 Å². The summed E-state index contributed by atoms with van der Waals surface area (Å²) in [6.07, 6.45) is 0.538. The van der Waals surface area contributed by atoms with Gasteiger partial charge in [0.05, 0.1) is 11.8 Å². The average molecular weight is 346 g/mol. The van der Waals surface area contributed by atoms with Crippen molar-refractivity contribution in [3.05, 3.63) is 36.1 Å². The van der Waals surface area contributed by atoms with E-state index in [1.54, 1.807) is 20.8 Å². The summed E-state index contributed by atoms with van der Waals surface area (Å²) in [5, 5.41) is 0. The molecule has 0 radical (unpaired) electrons. The quantitative estimate of drug-likeness (QED) is 0.564. The molecule has 2 bridgehead atoms. The number of hydrogen-bond donors (Lipinski definition) is 0. The first-order valence-electron chi connectivity index (χ1n) is 8.36. The van der Waals surface area contributed by atoms with Crippen LogP contribution in [-0.4, -0.2) is 35.5 Å². The van der Waals surface area contributed by atoms with Gasteiger partial charge in [-0.2, -0.15) is 0 Å². The third-order valence-corrected chi connectivity index (χ3v) is 4.97. The Bertz CT molecular complexity index is 715. The Kier molecular flexibility index (Phi) is 4.09. The van der Waals surface area contributed by atoms with Gasteiger partial charge in [-0.1, -0.05) is 27.0 Å². The van der Waals surface area contributed by atoms with Gasteiger partial charge < -0.3 is 14.2 Å². The number of carbonyl (C=O) groups excluding carboxylic acids is 3. The van der Waals surface area contributed by atoms with Crippen molar-refractivity contribution in [3.8, 4) is 0 Å².